The van der Waals surface area contributed by atoms with Crippen molar-refractivity contribution in [2.45, 2.75) is 12.5 Å². The van der Waals surface area contributed by atoms with Crippen molar-refractivity contribution in [2.24, 2.45) is 5.92 Å². The monoisotopic (exact) mass is 258 g/mol. The first kappa shape index (κ1) is 12.0. The van der Waals surface area contributed by atoms with Crippen LogP contribution in [-0.4, -0.2) is 23.5 Å². The van der Waals surface area contributed by atoms with Gasteiger partial charge in [0.15, 0.2) is 0 Å². The number of fused-ring (bicyclic) bond motifs is 1. The Kier molecular flexibility index (Phi) is 3.52. The summed E-state index contributed by atoms with van der Waals surface area (Å²) < 4.78 is 0. The third-order valence-electron chi connectivity index (χ3n) is 3.73. The molecule has 2 nitrogen and oxygen atoms in total. The fourth-order valence-electron chi connectivity index (χ4n) is 2.78. The number of rotatable bonds is 3. The van der Waals surface area contributed by atoms with E-state index in [1.54, 1.807) is 0 Å². The molecular formula is C15H18N2S. The summed E-state index contributed by atoms with van der Waals surface area (Å²) in [6.07, 6.45) is 3.17. The predicted molar refractivity (Wildman–Crippen MR) is 79.0 cm³/mol. The van der Waals surface area contributed by atoms with Crippen molar-refractivity contribution in [3.63, 3.8) is 0 Å². The Labute approximate surface area is 112 Å². The van der Waals surface area contributed by atoms with Crippen LogP contribution in [0.4, 0.5) is 0 Å². The SMILES string of the molecule is CNC(c1ccc2ncccc2c1)C1CCSC1. The fourth-order valence-corrected chi connectivity index (χ4v) is 4.08. The van der Waals surface area contributed by atoms with E-state index in [1.807, 2.05) is 12.3 Å². The largest absolute Gasteiger partial charge is 0.313 e. The lowest BCUT2D eigenvalue weighted by Gasteiger charge is -2.23. The molecule has 0 saturated carbocycles. The highest BCUT2D eigenvalue weighted by atomic mass is 32.2. The van der Waals surface area contributed by atoms with Gasteiger partial charge in [0.25, 0.3) is 0 Å². The number of aromatic nitrogens is 1. The number of thioether (sulfide) groups is 1. The maximum atomic E-state index is 4.38. The van der Waals surface area contributed by atoms with E-state index in [1.165, 1.54) is 28.9 Å². The fraction of sp³-hybridized carbons (Fsp3) is 0.400. The van der Waals surface area contributed by atoms with E-state index in [0.29, 0.717) is 6.04 Å². The Morgan fingerprint density at radius 2 is 2.33 bits per heavy atom. The van der Waals surface area contributed by atoms with Crippen LogP contribution >= 0.6 is 11.8 Å². The third-order valence-corrected chi connectivity index (χ3v) is 4.92. The zero-order valence-electron chi connectivity index (χ0n) is 10.6. The molecule has 0 spiro atoms. The van der Waals surface area contributed by atoms with Crippen molar-refractivity contribution in [3.05, 3.63) is 42.1 Å². The van der Waals surface area contributed by atoms with Crippen LogP contribution in [0.25, 0.3) is 10.9 Å². The molecule has 94 valence electrons. The Hall–Kier alpha value is -1.06. The average molecular weight is 258 g/mol. The van der Waals surface area contributed by atoms with Gasteiger partial charge in [-0.3, -0.25) is 4.98 Å². The van der Waals surface area contributed by atoms with E-state index in [-0.39, 0.29) is 0 Å². The lowest BCUT2D eigenvalue weighted by atomic mass is 9.92. The van der Waals surface area contributed by atoms with E-state index in [9.17, 15) is 0 Å². The van der Waals surface area contributed by atoms with Crippen LogP contribution in [0.3, 0.4) is 0 Å². The van der Waals surface area contributed by atoms with Gasteiger partial charge in [-0.15, -0.1) is 0 Å². The molecule has 1 aliphatic heterocycles. The van der Waals surface area contributed by atoms with Gasteiger partial charge < -0.3 is 5.32 Å². The molecule has 3 rings (SSSR count). The standard InChI is InChI=1S/C15H18N2S/c1-16-15(13-6-8-18-10-13)12-4-5-14-11(9-12)3-2-7-17-14/h2-5,7,9,13,15-16H,6,8,10H2,1H3. The minimum Gasteiger partial charge on any atom is -0.313 e. The predicted octanol–water partition coefficient (Wildman–Crippen LogP) is 3.25. The molecule has 1 aliphatic rings. The summed E-state index contributed by atoms with van der Waals surface area (Å²) >= 11 is 2.07. The Morgan fingerprint density at radius 1 is 1.39 bits per heavy atom. The first-order chi connectivity index (χ1) is 8.88. The van der Waals surface area contributed by atoms with Gasteiger partial charge in [0, 0.05) is 17.6 Å². The van der Waals surface area contributed by atoms with Crippen LogP contribution < -0.4 is 5.32 Å². The molecule has 0 aliphatic carbocycles. The maximum absolute atomic E-state index is 4.38. The highest BCUT2D eigenvalue weighted by Crippen LogP contribution is 2.34. The van der Waals surface area contributed by atoms with Crippen molar-refractivity contribution < 1.29 is 0 Å². The van der Waals surface area contributed by atoms with E-state index in [0.717, 1.165) is 11.4 Å². The molecule has 0 bridgehead atoms. The quantitative estimate of drug-likeness (QED) is 0.915. The average Bonchev–Trinajstić information content (AvgIpc) is 2.93. The lowest BCUT2D eigenvalue weighted by Crippen LogP contribution is -2.25. The van der Waals surface area contributed by atoms with Crippen LogP contribution in [-0.2, 0) is 0 Å². The summed E-state index contributed by atoms with van der Waals surface area (Å²) in [7, 11) is 2.07. The van der Waals surface area contributed by atoms with E-state index >= 15 is 0 Å². The van der Waals surface area contributed by atoms with Crippen LogP contribution in [0, 0.1) is 5.92 Å². The van der Waals surface area contributed by atoms with Gasteiger partial charge in [0.05, 0.1) is 5.52 Å². The molecule has 1 fully saturated rings. The van der Waals surface area contributed by atoms with Crippen LogP contribution in [0.15, 0.2) is 36.5 Å². The van der Waals surface area contributed by atoms with E-state index < -0.39 is 0 Å². The number of nitrogens with zero attached hydrogens (tertiary/aromatic N) is 1. The molecule has 1 saturated heterocycles. The van der Waals surface area contributed by atoms with E-state index in [2.05, 4.69) is 53.4 Å². The van der Waals surface area contributed by atoms with Crippen LogP contribution in [0.5, 0.6) is 0 Å². The lowest BCUT2D eigenvalue weighted by molar-refractivity contribution is 0.420. The topological polar surface area (TPSA) is 24.9 Å². The summed E-state index contributed by atoms with van der Waals surface area (Å²) in [5.41, 5.74) is 2.47. The zero-order valence-corrected chi connectivity index (χ0v) is 11.4. The van der Waals surface area contributed by atoms with Crippen molar-refractivity contribution in [1.82, 2.24) is 10.3 Å². The molecule has 0 radical (unpaired) electrons. The van der Waals surface area contributed by atoms with Gasteiger partial charge in [-0.1, -0.05) is 12.1 Å². The number of hydrogen-bond acceptors (Lipinski definition) is 3. The molecule has 1 aromatic carbocycles. The summed E-state index contributed by atoms with van der Waals surface area (Å²) in [5.74, 6) is 3.34. The highest BCUT2D eigenvalue weighted by Gasteiger charge is 2.25. The smallest absolute Gasteiger partial charge is 0.0702 e. The van der Waals surface area contributed by atoms with Gasteiger partial charge in [0.1, 0.15) is 0 Å². The maximum Gasteiger partial charge on any atom is 0.0702 e. The van der Waals surface area contributed by atoms with Gasteiger partial charge >= 0.3 is 0 Å². The van der Waals surface area contributed by atoms with Crippen LogP contribution in [0.2, 0.25) is 0 Å². The summed E-state index contributed by atoms with van der Waals surface area (Å²) in [5, 5.41) is 4.73. The molecule has 2 heterocycles. The van der Waals surface area contributed by atoms with Crippen LogP contribution in [0.1, 0.15) is 18.0 Å². The minimum atomic E-state index is 0.476. The van der Waals surface area contributed by atoms with Gasteiger partial charge in [-0.2, -0.15) is 11.8 Å². The second kappa shape index (κ2) is 5.29. The van der Waals surface area contributed by atoms with Gasteiger partial charge in [0.2, 0.25) is 0 Å². The minimum absolute atomic E-state index is 0.476. The highest BCUT2D eigenvalue weighted by molar-refractivity contribution is 7.99. The van der Waals surface area contributed by atoms with E-state index in [4.69, 9.17) is 0 Å². The second-order valence-corrected chi connectivity index (χ2v) is 6.00. The molecule has 1 aromatic heterocycles. The Bertz CT molecular complexity index is 535. The van der Waals surface area contributed by atoms with Gasteiger partial charge in [-0.25, -0.2) is 0 Å². The summed E-state index contributed by atoms with van der Waals surface area (Å²) in [6, 6.07) is 11.3. The number of hydrogen-bond donors (Lipinski definition) is 1. The van der Waals surface area contributed by atoms with Crippen molar-refractivity contribution in [2.75, 3.05) is 18.6 Å². The van der Waals surface area contributed by atoms with Crippen molar-refractivity contribution >= 4 is 22.7 Å². The molecule has 2 unspecified atom stereocenters. The Morgan fingerprint density at radius 3 is 3.11 bits per heavy atom. The molecular weight excluding hydrogens is 240 g/mol. The molecule has 2 aromatic rings. The zero-order chi connectivity index (χ0) is 12.4. The number of nitrogens with one attached hydrogen (secondary N) is 1. The van der Waals surface area contributed by atoms with Crippen molar-refractivity contribution in [3.8, 4) is 0 Å². The van der Waals surface area contributed by atoms with Gasteiger partial charge in [-0.05, 0) is 54.7 Å². The third kappa shape index (κ3) is 2.25. The molecule has 3 heteroatoms. The first-order valence-electron chi connectivity index (χ1n) is 6.48. The summed E-state index contributed by atoms with van der Waals surface area (Å²) in [4.78, 5) is 4.38. The number of benzene rings is 1. The summed E-state index contributed by atoms with van der Waals surface area (Å²) in [6.45, 7) is 0. The molecule has 2 atom stereocenters. The molecule has 1 N–H and O–H groups in total. The second-order valence-electron chi connectivity index (χ2n) is 4.85. The molecule has 18 heavy (non-hydrogen) atoms. The number of pyridine rings is 1. The van der Waals surface area contributed by atoms with Crippen molar-refractivity contribution in [1.29, 1.82) is 0 Å². The molecule has 0 amide bonds. The normalized spacial score (nSPS) is 21.3. The Balaban J connectivity index is 1.96. The first-order valence-corrected chi connectivity index (χ1v) is 7.63.